The minimum Gasteiger partial charge on any atom is -0.494 e. The van der Waals surface area contributed by atoms with Crippen LogP contribution in [-0.4, -0.2) is 31.1 Å². The van der Waals surface area contributed by atoms with E-state index in [9.17, 15) is 14.4 Å². The molecule has 3 aromatic rings. The number of carbonyl (C=O) groups excluding carboxylic acids is 3. The zero-order valence-electron chi connectivity index (χ0n) is 21.0. The second-order valence-electron chi connectivity index (χ2n) is 8.18. The molecule has 196 valence electrons. The van der Waals surface area contributed by atoms with E-state index in [1.54, 1.807) is 54.6 Å². The molecular formula is C31H30O7. The number of hydrogen-bond donors (Lipinski definition) is 0. The maximum Gasteiger partial charge on any atom is 0.343 e. The second-order valence-corrected chi connectivity index (χ2v) is 8.18. The van der Waals surface area contributed by atoms with Crippen LogP contribution in [0.15, 0.2) is 97.6 Å². The van der Waals surface area contributed by atoms with E-state index in [0.717, 1.165) is 37.3 Å². The summed E-state index contributed by atoms with van der Waals surface area (Å²) in [6.07, 6.45) is 7.74. The first-order valence-electron chi connectivity index (χ1n) is 12.3. The summed E-state index contributed by atoms with van der Waals surface area (Å²) in [7, 11) is 0. The van der Waals surface area contributed by atoms with E-state index in [1.807, 2.05) is 30.3 Å². The van der Waals surface area contributed by atoms with Crippen LogP contribution in [-0.2, 0) is 14.3 Å². The molecule has 0 saturated carbocycles. The summed E-state index contributed by atoms with van der Waals surface area (Å²) in [6, 6.07) is 22.4. The average molecular weight is 515 g/mol. The lowest BCUT2D eigenvalue weighted by atomic mass is 10.2. The first-order chi connectivity index (χ1) is 18.5. The van der Waals surface area contributed by atoms with Gasteiger partial charge in [-0.25, -0.2) is 14.4 Å². The molecule has 0 amide bonds. The van der Waals surface area contributed by atoms with Gasteiger partial charge in [0.1, 0.15) is 17.2 Å². The van der Waals surface area contributed by atoms with Crippen molar-refractivity contribution in [1.29, 1.82) is 0 Å². The highest BCUT2D eigenvalue weighted by atomic mass is 16.5. The van der Waals surface area contributed by atoms with Gasteiger partial charge in [-0.2, -0.15) is 0 Å². The van der Waals surface area contributed by atoms with E-state index < -0.39 is 17.9 Å². The third kappa shape index (κ3) is 10.1. The summed E-state index contributed by atoms with van der Waals surface area (Å²) in [6.45, 7) is 4.30. The Labute approximate surface area is 222 Å². The summed E-state index contributed by atoms with van der Waals surface area (Å²) in [5, 5.41) is 0. The van der Waals surface area contributed by atoms with Crippen molar-refractivity contribution in [3.8, 4) is 17.2 Å². The van der Waals surface area contributed by atoms with Gasteiger partial charge in [-0.05, 0) is 85.9 Å². The molecule has 38 heavy (non-hydrogen) atoms. The maximum absolute atomic E-state index is 12.5. The van der Waals surface area contributed by atoms with Crippen LogP contribution < -0.4 is 14.2 Å². The number of hydrogen-bond acceptors (Lipinski definition) is 7. The molecule has 0 saturated heterocycles. The summed E-state index contributed by atoms with van der Waals surface area (Å²) >= 11 is 0. The predicted molar refractivity (Wildman–Crippen MR) is 144 cm³/mol. The van der Waals surface area contributed by atoms with Gasteiger partial charge < -0.3 is 18.9 Å². The molecule has 0 heterocycles. The topological polar surface area (TPSA) is 88.1 Å². The third-order valence-corrected chi connectivity index (χ3v) is 5.27. The Morgan fingerprint density at radius 3 is 1.92 bits per heavy atom. The Kier molecular flexibility index (Phi) is 11.4. The Bertz CT molecular complexity index is 1210. The number of ether oxygens (including phenoxy) is 4. The summed E-state index contributed by atoms with van der Waals surface area (Å²) in [5.41, 5.74) is 1.27. The van der Waals surface area contributed by atoms with Gasteiger partial charge >= 0.3 is 17.9 Å². The van der Waals surface area contributed by atoms with Crippen LogP contribution in [0.25, 0.3) is 6.08 Å². The molecule has 0 fully saturated rings. The molecule has 0 spiro atoms. The zero-order chi connectivity index (χ0) is 27.0. The number of esters is 3. The van der Waals surface area contributed by atoms with E-state index in [2.05, 4.69) is 6.58 Å². The smallest absolute Gasteiger partial charge is 0.343 e. The van der Waals surface area contributed by atoms with Crippen LogP contribution in [0.2, 0.25) is 0 Å². The van der Waals surface area contributed by atoms with Crippen LogP contribution in [0.4, 0.5) is 0 Å². The fraction of sp³-hybridized carbons (Fsp3) is 0.194. The SMILES string of the molecule is C=CC(=O)OCCCCCCOc1ccc(C(=O)Oc2ccc(OC(=O)/C=C/c3ccccc3)cc2)cc1. The van der Waals surface area contributed by atoms with Gasteiger partial charge in [0.15, 0.2) is 0 Å². The molecule has 0 aromatic heterocycles. The molecule has 3 rings (SSSR count). The standard InChI is InChI=1S/C31H30O7/c1-2-29(32)36-23-9-4-3-8-22-35-26-15-13-25(14-16-26)31(34)38-28-19-17-27(18-20-28)37-30(33)21-12-24-10-6-5-7-11-24/h2,5-7,10-21H,1,3-4,8-9,22-23H2/b21-12+. The van der Waals surface area contributed by atoms with Gasteiger partial charge in [-0.1, -0.05) is 36.9 Å². The maximum atomic E-state index is 12.5. The minimum absolute atomic E-state index is 0.328. The molecule has 0 bridgehead atoms. The van der Waals surface area contributed by atoms with Crippen LogP contribution in [0, 0.1) is 0 Å². The van der Waals surface area contributed by atoms with E-state index in [-0.39, 0.29) is 0 Å². The molecular weight excluding hydrogens is 484 g/mol. The number of carbonyl (C=O) groups is 3. The van der Waals surface area contributed by atoms with Gasteiger partial charge in [0.05, 0.1) is 18.8 Å². The van der Waals surface area contributed by atoms with Crippen LogP contribution in [0.3, 0.4) is 0 Å². The summed E-state index contributed by atoms with van der Waals surface area (Å²) in [4.78, 5) is 35.4. The summed E-state index contributed by atoms with van der Waals surface area (Å²) in [5.74, 6) is -0.0885. The first kappa shape index (κ1) is 27.9. The van der Waals surface area contributed by atoms with Crippen molar-refractivity contribution in [1.82, 2.24) is 0 Å². The lowest BCUT2D eigenvalue weighted by Gasteiger charge is -2.08. The minimum atomic E-state index is -0.510. The van der Waals surface area contributed by atoms with Gasteiger partial charge in [0, 0.05) is 12.2 Å². The molecule has 7 heteroatoms. The van der Waals surface area contributed by atoms with Crippen molar-refractivity contribution in [2.75, 3.05) is 13.2 Å². The lowest BCUT2D eigenvalue weighted by molar-refractivity contribution is -0.137. The fourth-order valence-electron chi connectivity index (χ4n) is 3.29. The molecule has 7 nitrogen and oxygen atoms in total. The molecule has 0 radical (unpaired) electrons. The Morgan fingerprint density at radius 1 is 0.658 bits per heavy atom. The van der Waals surface area contributed by atoms with Crippen molar-refractivity contribution in [2.24, 2.45) is 0 Å². The number of unbranched alkanes of at least 4 members (excludes halogenated alkanes) is 3. The molecule has 0 aliphatic heterocycles. The highest BCUT2D eigenvalue weighted by molar-refractivity contribution is 5.91. The Morgan fingerprint density at radius 2 is 1.26 bits per heavy atom. The molecule has 0 aliphatic rings. The molecule has 3 aromatic carbocycles. The molecule has 0 N–H and O–H groups in total. The molecule has 0 unspecified atom stereocenters. The quantitative estimate of drug-likeness (QED) is 0.110. The monoisotopic (exact) mass is 514 g/mol. The van der Waals surface area contributed by atoms with E-state index in [0.29, 0.717) is 36.0 Å². The van der Waals surface area contributed by atoms with Crippen molar-refractivity contribution < 1.29 is 33.3 Å². The van der Waals surface area contributed by atoms with Gasteiger partial charge in [-0.3, -0.25) is 0 Å². The zero-order valence-corrected chi connectivity index (χ0v) is 21.0. The normalized spacial score (nSPS) is 10.5. The average Bonchev–Trinajstić information content (AvgIpc) is 2.95. The van der Waals surface area contributed by atoms with E-state index in [4.69, 9.17) is 18.9 Å². The Balaban J connectivity index is 1.36. The van der Waals surface area contributed by atoms with Crippen molar-refractivity contribution in [3.63, 3.8) is 0 Å². The predicted octanol–water partition coefficient (Wildman–Crippen LogP) is 6.19. The second kappa shape index (κ2) is 15.5. The third-order valence-electron chi connectivity index (χ3n) is 5.27. The fourth-order valence-corrected chi connectivity index (χ4v) is 3.29. The van der Waals surface area contributed by atoms with Gasteiger partial charge in [0.25, 0.3) is 0 Å². The van der Waals surface area contributed by atoms with Crippen LogP contribution in [0.5, 0.6) is 17.2 Å². The highest BCUT2D eigenvalue weighted by Crippen LogP contribution is 2.20. The molecule has 0 atom stereocenters. The van der Waals surface area contributed by atoms with Crippen molar-refractivity contribution >= 4 is 24.0 Å². The van der Waals surface area contributed by atoms with E-state index in [1.165, 1.54) is 6.08 Å². The first-order valence-corrected chi connectivity index (χ1v) is 12.3. The van der Waals surface area contributed by atoms with Crippen LogP contribution in [0.1, 0.15) is 41.6 Å². The van der Waals surface area contributed by atoms with Crippen LogP contribution >= 0.6 is 0 Å². The van der Waals surface area contributed by atoms with E-state index >= 15 is 0 Å². The number of benzene rings is 3. The Hall–Kier alpha value is -4.65. The molecule has 0 aliphatic carbocycles. The van der Waals surface area contributed by atoms with Crippen molar-refractivity contribution in [2.45, 2.75) is 25.7 Å². The van der Waals surface area contributed by atoms with Crippen molar-refractivity contribution in [3.05, 3.63) is 109 Å². The number of rotatable bonds is 14. The highest BCUT2D eigenvalue weighted by Gasteiger charge is 2.10. The lowest BCUT2D eigenvalue weighted by Crippen LogP contribution is -2.08. The summed E-state index contributed by atoms with van der Waals surface area (Å²) < 4.78 is 21.3. The largest absolute Gasteiger partial charge is 0.494 e. The van der Waals surface area contributed by atoms with Gasteiger partial charge in [-0.15, -0.1) is 0 Å². The van der Waals surface area contributed by atoms with Gasteiger partial charge in [0.2, 0.25) is 0 Å².